The summed E-state index contributed by atoms with van der Waals surface area (Å²) in [5.41, 5.74) is 2.78. The maximum Gasteiger partial charge on any atom is 0.0294 e. The molecule has 1 N–H and O–H groups in total. The molecule has 0 heterocycles. The third-order valence-electron chi connectivity index (χ3n) is 5.60. The fourth-order valence-electron chi connectivity index (χ4n) is 4.33. The maximum absolute atomic E-state index is 3.89. The van der Waals surface area contributed by atoms with E-state index in [9.17, 15) is 0 Å². The summed E-state index contributed by atoms with van der Waals surface area (Å²) in [4.78, 5) is 0. The Hall–Kier alpha value is -0.820. The molecule has 0 radical (unpaired) electrons. The predicted molar refractivity (Wildman–Crippen MR) is 85.8 cm³/mol. The van der Waals surface area contributed by atoms with Crippen molar-refractivity contribution in [2.75, 3.05) is 0 Å². The summed E-state index contributed by atoms with van der Waals surface area (Å²) in [6, 6.07) is 10.2. The normalized spacial score (nSPS) is 31.6. The summed E-state index contributed by atoms with van der Waals surface area (Å²) in [7, 11) is 0. The van der Waals surface area contributed by atoms with Gasteiger partial charge in [0, 0.05) is 12.1 Å². The summed E-state index contributed by atoms with van der Waals surface area (Å²) in [6.07, 6.45) is 10.2. The highest BCUT2D eigenvalue weighted by atomic mass is 14.9. The zero-order valence-corrected chi connectivity index (χ0v) is 13.1. The first-order valence-electron chi connectivity index (χ1n) is 8.55. The molecule has 1 heteroatoms. The van der Waals surface area contributed by atoms with E-state index in [1.807, 2.05) is 0 Å². The summed E-state index contributed by atoms with van der Waals surface area (Å²) in [5, 5.41) is 3.89. The molecule has 2 fully saturated rings. The molecule has 3 rings (SSSR count). The highest BCUT2D eigenvalue weighted by molar-refractivity contribution is 5.23. The van der Waals surface area contributed by atoms with Gasteiger partial charge >= 0.3 is 0 Å². The van der Waals surface area contributed by atoms with Crippen molar-refractivity contribution >= 4 is 0 Å². The first kappa shape index (κ1) is 14.1. The van der Waals surface area contributed by atoms with Crippen LogP contribution < -0.4 is 5.32 Å². The summed E-state index contributed by atoms with van der Waals surface area (Å²) in [6.45, 7) is 4.48. The van der Waals surface area contributed by atoms with Crippen LogP contribution in [0.15, 0.2) is 24.3 Å². The molecule has 1 nitrogen and oxygen atoms in total. The number of fused-ring (bicyclic) bond motifs is 1. The minimum Gasteiger partial charge on any atom is -0.307 e. The SMILES string of the molecule is Cc1ccc([C@@H](C)NC2CCC3CCCCC3C2)cc1. The quantitative estimate of drug-likeness (QED) is 0.815. The number of nitrogens with one attached hydrogen (secondary N) is 1. The van der Waals surface area contributed by atoms with Gasteiger partial charge in [0.1, 0.15) is 0 Å². The molecule has 0 amide bonds. The second-order valence-electron chi connectivity index (χ2n) is 7.11. The van der Waals surface area contributed by atoms with Crippen LogP contribution in [0.4, 0.5) is 0 Å². The van der Waals surface area contributed by atoms with Crippen LogP contribution in [-0.2, 0) is 0 Å². The summed E-state index contributed by atoms with van der Waals surface area (Å²) < 4.78 is 0. The molecule has 2 aliphatic rings. The number of hydrogen-bond acceptors (Lipinski definition) is 1. The van der Waals surface area contributed by atoms with Crippen LogP contribution in [-0.4, -0.2) is 6.04 Å². The average molecular weight is 271 g/mol. The van der Waals surface area contributed by atoms with Gasteiger partial charge < -0.3 is 5.32 Å². The lowest BCUT2D eigenvalue weighted by atomic mass is 9.69. The molecule has 1 aromatic carbocycles. The Bertz CT molecular complexity index is 422. The van der Waals surface area contributed by atoms with Crippen LogP contribution in [0, 0.1) is 18.8 Å². The van der Waals surface area contributed by atoms with Gasteiger partial charge in [0.25, 0.3) is 0 Å². The molecule has 2 saturated carbocycles. The van der Waals surface area contributed by atoms with Crippen LogP contribution in [0.25, 0.3) is 0 Å². The van der Waals surface area contributed by atoms with E-state index in [2.05, 4.69) is 43.4 Å². The van der Waals surface area contributed by atoms with Gasteiger partial charge in [-0.3, -0.25) is 0 Å². The van der Waals surface area contributed by atoms with Crippen molar-refractivity contribution in [3.8, 4) is 0 Å². The van der Waals surface area contributed by atoms with Gasteiger partial charge in [0.2, 0.25) is 0 Å². The lowest BCUT2D eigenvalue weighted by molar-refractivity contribution is 0.139. The lowest BCUT2D eigenvalue weighted by Gasteiger charge is -2.40. The molecule has 0 saturated heterocycles. The minimum atomic E-state index is 0.487. The Morgan fingerprint density at radius 3 is 2.40 bits per heavy atom. The standard InChI is InChI=1S/C19H29N/c1-14-7-9-16(10-8-14)15(2)20-19-12-11-17-5-3-4-6-18(17)13-19/h7-10,15,17-20H,3-6,11-13H2,1-2H3/t15-,17?,18?,19?/m1/s1. The van der Waals surface area contributed by atoms with Crippen LogP contribution in [0.3, 0.4) is 0 Å². The average Bonchev–Trinajstić information content (AvgIpc) is 2.48. The lowest BCUT2D eigenvalue weighted by Crippen LogP contribution is -2.39. The molecule has 1 aromatic rings. The van der Waals surface area contributed by atoms with Crippen molar-refractivity contribution < 1.29 is 0 Å². The molecule has 0 bridgehead atoms. The Kier molecular flexibility index (Phi) is 4.45. The molecule has 110 valence electrons. The minimum absolute atomic E-state index is 0.487. The Morgan fingerprint density at radius 2 is 1.65 bits per heavy atom. The molecule has 0 spiro atoms. The number of aryl methyl sites for hydroxylation is 1. The Morgan fingerprint density at radius 1 is 0.950 bits per heavy atom. The van der Waals surface area contributed by atoms with Crippen LogP contribution in [0.2, 0.25) is 0 Å². The Balaban J connectivity index is 1.56. The zero-order chi connectivity index (χ0) is 13.9. The largest absolute Gasteiger partial charge is 0.307 e. The molecule has 4 atom stereocenters. The molecule has 2 aliphatic carbocycles. The predicted octanol–water partition coefficient (Wildman–Crippen LogP) is 5.00. The van der Waals surface area contributed by atoms with Crippen molar-refractivity contribution in [3.05, 3.63) is 35.4 Å². The van der Waals surface area contributed by atoms with Gasteiger partial charge in [-0.2, -0.15) is 0 Å². The third kappa shape index (κ3) is 3.25. The first-order valence-corrected chi connectivity index (χ1v) is 8.55. The fraction of sp³-hybridized carbons (Fsp3) is 0.684. The van der Waals surface area contributed by atoms with Crippen LogP contribution >= 0.6 is 0 Å². The second kappa shape index (κ2) is 6.30. The van der Waals surface area contributed by atoms with Crippen LogP contribution in [0.1, 0.15) is 69.0 Å². The van der Waals surface area contributed by atoms with E-state index in [0.29, 0.717) is 6.04 Å². The smallest absolute Gasteiger partial charge is 0.0294 e. The zero-order valence-electron chi connectivity index (χ0n) is 13.1. The van der Waals surface area contributed by atoms with E-state index < -0.39 is 0 Å². The van der Waals surface area contributed by atoms with Crippen molar-refractivity contribution in [2.24, 2.45) is 11.8 Å². The van der Waals surface area contributed by atoms with E-state index in [1.54, 1.807) is 0 Å². The van der Waals surface area contributed by atoms with E-state index in [1.165, 1.54) is 56.1 Å². The topological polar surface area (TPSA) is 12.0 Å². The summed E-state index contributed by atoms with van der Waals surface area (Å²) >= 11 is 0. The molecule has 0 aliphatic heterocycles. The van der Waals surface area contributed by atoms with Gasteiger partial charge in [0.15, 0.2) is 0 Å². The van der Waals surface area contributed by atoms with Gasteiger partial charge in [-0.05, 0) is 50.5 Å². The second-order valence-corrected chi connectivity index (χ2v) is 7.11. The molecular weight excluding hydrogens is 242 g/mol. The van der Waals surface area contributed by atoms with Crippen molar-refractivity contribution in [2.45, 2.75) is 70.9 Å². The highest BCUT2D eigenvalue weighted by Gasteiger charge is 2.32. The van der Waals surface area contributed by atoms with Crippen molar-refractivity contribution in [3.63, 3.8) is 0 Å². The fourth-order valence-corrected chi connectivity index (χ4v) is 4.33. The molecule has 3 unspecified atom stereocenters. The van der Waals surface area contributed by atoms with E-state index in [-0.39, 0.29) is 0 Å². The van der Waals surface area contributed by atoms with Gasteiger partial charge in [-0.1, -0.05) is 55.5 Å². The van der Waals surface area contributed by atoms with Gasteiger partial charge in [-0.25, -0.2) is 0 Å². The third-order valence-corrected chi connectivity index (χ3v) is 5.60. The number of hydrogen-bond donors (Lipinski definition) is 1. The number of benzene rings is 1. The van der Waals surface area contributed by atoms with Crippen molar-refractivity contribution in [1.29, 1.82) is 0 Å². The van der Waals surface area contributed by atoms with E-state index >= 15 is 0 Å². The van der Waals surface area contributed by atoms with E-state index in [0.717, 1.165) is 17.9 Å². The molecule has 20 heavy (non-hydrogen) atoms. The monoisotopic (exact) mass is 271 g/mol. The van der Waals surface area contributed by atoms with Crippen molar-refractivity contribution in [1.82, 2.24) is 5.32 Å². The number of rotatable bonds is 3. The summed E-state index contributed by atoms with van der Waals surface area (Å²) in [5.74, 6) is 2.07. The van der Waals surface area contributed by atoms with E-state index in [4.69, 9.17) is 0 Å². The van der Waals surface area contributed by atoms with Gasteiger partial charge in [0.05, 0.1) is 0 Å². The first-order chi connectivity index (χ1) is 9.72. The molecular formula is C19H29N. The highest BCUT2D eigenvalue weighted by Crippen LogP contribution is 2.40. The Labute approximate surface area is 124 Å². The maximum atomic E-state index is 3.89. The molecule has 0 aromatic heterocycles. The van der Waals surface area contributed by atoms with Crippen LogP contribution in [0.5, 0.6) is 0 Å². The van der Waals surface area contributed by atoms with Gasteiger partial charge in [-0.15, -0.1) is 0 Å².